The molecule has 0 bridgehead atoms. The molecule has 0 saturated carbocycles. The van der Waals surface area contributed by atoms with Gasteiger partial charge in [-0.25, -0.2) is 0 Å². The van der Waals surface area contributed by atoms with E-state index in [0.717, 1.165) is 0 Å². The summed E-state index contributed by atoms with van der Waals surface area (Å²) in [5.41, 5.74) is 0. The minimum atomic E-state index is -3.49. The van der Waals surface area contributed by atoms with Crippen LogP contribution in [0.15, 0.2) is 0 Å². The van der Waals surface area contributed by atoms with E-state index in [-0.39, 0.29) is 24.7 Å². The van der Waals surface area contributed by atoms with Gasteiger partial charge >= 0.3 is 8.56 Å². The van der Waals surface area contributed by atoms with Crippen LogP contribution in [0.4, 0.5) is 0 Å². The standard InChI is InChI=1S/C11H22O8S2Si/c1-3-22(4-2,19-11-7-16-21(14,15)9-11)17-8-10-5-6-20(12,13)18-10/h10-11H,3-9H2,1-2H3. The monoisotopic (exact) mass is 374 g/mol. The maximum absolute atomic E-state index is 11.3. The molecule has 2 atom stereocenters. The molecule has 130 valence electrons. The Morgan fingerprint density at radius 3 is 2.27 bits per heavy atom. The van der Waals surface area contributed by atoms with Crippen molar-refractivity contribution in [2.75, 3.05) is 24.7 Å². The molecule has 0 spiro atoms. The zero-order chi connectivity index (χ0) is 16.4. The Morgan fingerprint density at radius 1 is 1.14 bits per heavy atom. The van der Waals surface area contributed by atoms with E-state index >= 15 is 0 Å². The number of hydrogen-bond acceptors (Lipinski definition) is 8. The second kappa shape index (κ2) is 6.83. The molecule has 2 fully saturated rings. The lowest BCUT2D eigenvalue weighted by atomic mass is 10.3. The van der Waals surface area contributed by atoms with Gasteiger partial charge in [0.15, 0.2) is 0 Å². The van der Waals surface area contributed by atoms with Crippen LogP contribution in [0, 0.1) is 0 Å². The lowest BCUT2D eigenvalue weighted by molar-refractivity contribution is 0.0760. The summed E-state index contributed by atoms with van der Waals surface area (Å²) >= 11 is 0. The lowest BCUT2D eigenvalue weighted by Gasteiger charge is -2.31. The van der Waals surface area contributed by atoms with Gasteiger partial charge in [-0.3, -0.25) is 8.37 Å². The quantitative estimate of drug-likeness (QED) is 0.464. The van der Waals surface area contributed by atoms with Crippen LogP contribution in [0.3, 0.4) is 0 Å². The molecule has 2 rings (SSSR count). The summed E-state index contributed by atoms with van der Waals surface area (Å²) in [5.74, 6) is -0.164. The average molecular weight is 375 g/mol. The highest BCUT2D eigenvalue weighted by atomic mass is 32.2. The molecule has 0 amide bonds. The molecular weight excluding hydrogens is 352 g/mol. The highest BCUT2D eigenvalue weighted by Crippen LogP contribution is 2.26. The highest BCUT2D eigenvalue weighted by Gasteiger charge is 2.42. The second-order valence-corrected chi connectivity index (χ2v) is 12.6. The Hall–Kier alpha value is -0.0431. The third-order valence-electron chi connectivity index (χ3n) is 3.79. The summed E-state index contributed by atoms with van der Waals surface area (Å²) in [6.07, 6.45) is -0.604. The maximum Gasteiger partial charge on any atom is 0.338 e. The van der Waals surface area contributed by atoms with Crippen molar-refractivity contribution in [2.45, 2.75) is 44.6 Å². The predicted molar refractivity (Wildman–Crippen MR) is 80.6 cm³/mol. The van der Waals surface area contributed by atoms with Gasteiger partial charge in [-0.2, -0.15) is 16.8 Å². The van der Waals surface area contributed by atoms with Gasteiger partial charge in [-0.15, -0.1) is 0 Å². The van der Waals surface area contributed by atoms with Crippen LogP contribution in [-0.2, 0) is 37.5 Å². The molecule has 8 nitrogen and oxygen atoms in total. The normalized spacial score (nSPS) is 30.6. The summed E-state index contributed by atoms with van der Waals surface area (Å²) in [6.45, 7) is 4.00. The SMILES string of the molecule is CC[Si](CC)(OCC1CCS(=O)(=O)O1)OC1COS(=O)(=O)C1. The molecule has 2 aliphatic rings. The van der Waals surface area contributed by atoms with Crippen LogP contribution in [0.5, 0.6) is 0 Å². The highest BCUT2D eigenvalue weighted by molar-refractivity contribution is 7.87. The van der Waals surface area contributed by atoms with Gasteiger partial charge in [-0.1, -0.05) is 13.8 Å². The molecule has 2 saturated heterocycles. The molecule has 11 heteroatoms. The third kappa shape index (κ3) is 4.73. The van der Waals surface area contributed by atoms with Gasteiger partial charge in [0, 0.05) is 0 Å². The van der Waals surface area contributed by atoms with Crippen LogP contribution in [0.1, 0.15) is 20.3 Å². The van der Waals surface area contributed by atoms with Crippen molar-refractivity contribution >= 4 is 28.8 Å². The van der Waals surface area contributed by atoms with Gasteiger partial charge < -0.3 is 8.85 Å². The first kappa shape index (κ1) is 18.3. The first-order valence-corrected chi connectivity index (χ1v) is 12.7. The van der Waals surface area contributed by atoms with E-state index in [1.807, 2.05) is 13.8 Å². The third-order valence-corrected chi connectivity index (χ3v) is 9.97. The van der Waals surface area contributed by atoms with Crippen molar-refractivity contribution in [3.8, 4) is 0 Å². The van der Waals surface area contributed by atoms with E-state index in [4.69, 9.17) is 17.2 Å². The maximum atomic E-state index is 11.3. The topological polar surface area (TPSA) is 105 Å². The second-order valence-electron chi connectivity index (χ2n) is 5.45. The molecule has 0 aliphatic carbocycles. The molecule has 2 heterocycles. The zero-order valence-corrected chi connectivity index (χ0v) is 15.3. The Kier molecular flexibility index (Phi) is 5.68. The molecule has 22 heavy (non-hydrogen) atoms. The Balaban J connectivity index is 1.93. The Morgan fingerprint density at radius 2 is 1.82 bits per heavy atom. The van der Waals surface area contributed by atoms with Gasteiger partial charge in [0.2, 0.25) is 0 Å². The fourth-order valence-electron chi connectivity index (χ4n) is 2.47. The molecule has 0 aromatic rings. The van der Waals surface area contributed by atoms with E-state index < -0.39 is 41.0 Å². The summed E-state index contributed by atoms with van der Waals surface area (Å²) in [7, 11) is -9.52. The van der Waals surface area contributed by atoms with Crippen molar-refractivity contribution in [1.82, 2.24) is 0 Å². The predicted octanol–water partition coefficient (Wildman–Crippen LogP) is 0.349. The van der Waals surface area contributed by atoms with E-state index in [0.29, 0.717) is 18.5 Å². The van der Waals surface area contributed by atoms with Crippen molar-refractivity contribution in [2.24, 2.45) is 0 Å². The van der Waals surface area contributed by atoms with Crippen molar-refractivity contribution in [3.05, 3.63) is 0 Å². The Labute approximate surface area is 132 Å². The molecule has 2 unspecified atom stereocenters. The van der Waals surface area contributed by atoms with E-state index in [9.17, 15) is 16.8 Å². The minimum absolute atomic E-state index is 0.00337. The van der Waals surface area contributed by atoms with Gasteiger partial charge in [0.05, 0.1) is 25.1 Å². The van der Waals surface area contributed by atoms with Crippen LogP contribution in [-0.4, -0.2) is 62.3 Å². The fraction of sp³-hybridized carbons (Fsp3) is 1.00. The first-order valence-electron chi connectivity index (χ1n) is 7.29. The summed E-state index contributed by atoms with van der Waals surface area (Å²) < 4.78 is 66.7. The van der Waals surface area contributed by atoms with Crippen molar-refractivity contribution in [1.29, 1.82) is 0 Å². The molecule has 2 aliphatic heterocycles. The van der Waals surface area contributed by atoms with Gasteiger partial charge in [0.25, 0.3) is 20.2 Å². The lowest BCUT2D eigenvalue weighted by Crippen LogP contribution is -2.46. The largest absolute Gasteiger partial charge is 0.391 e. The molecule has 0 radical (unpaired) electrons. The average Bonchev–Trinajstić information content (AvgIpc) is 2.96. The van der Waals surface area contributed by atoms with Gasteiger partial charge in [0.1, 0.15) is 11.9 Å². The summed E-state index contributed by atoms with van der Waals surface area (Å²) in [5, 5.41) is 0. The smallest absolute Gasteiger partial charge is 0.338 e. The summed E-state index contributed by atoms with van der Waals surface area (Å²) in [6, 6.07) is 1.28. The molecule has 0 aromatic carbocycles. The van der Waals surface area contributed by atoms with E-state index in [2.05, 4.69) is 0 Å². The molecule has 0 aromatic heterocycles. The fourth-order valence-corrected chi connectivity index (χ4v) is 7.43. The van der Waals surface area contributed by atoms with Crippen LogP contribution in [0.25, 0.3) is 0 Å². The van der Waals surface area contributed by atoms with Crippen molar-refractivity contribution < 1.29 is 34.1 Å². The van der Waals surface area contributed by atoms with Gasteiger partial charge in [-0.05, 0) is 18.5 Å². The molecule has 0 N–H and O–H groups in total. The minimum Gasteiger partial charge on any atom is -0.391 e. The summed E-state index contributed by atoms with van der Waals surface area (Å²) in [4.78, 5) is 0. The number of rotatable bonds is 7. The van der Waals surface area contributed by atoms with Crippen LogP contribution in [0.2, 0.25) is 12.1 Å². The van der Waals surface area contributed by atoms with E-state index in [1.54, 1.807) is 0 Å². The number of hydrogen-bond donors (Lipinski definition) is 0. The molecular formula is C11H22O8S2Si. The Bertz CT molecular complexity index is 583. The van der Waals surface area contributed by atoms with Crippen LogP contribution < -0.4 is 0 Å². The van der Waals surface area contributed by atoms with Crippen LogP contribution >= 0.6 is 0 Å². The van der Waals surface area contributed by atoms with Crippen molar-refractivity contribution in [3.63, 3.8) is 0 Å². The van der Waals surface area contributed by atoms with E-state index in [1.165, 1.54) is 0 Å². The zero-order valence-electron chi connectivity index (χ0n) is 12.7. The first-order chi connectivity index (χ1) is 10.2.